The van der Waals surface area contributed by atoms with Crippen LogP contribution >= 0.6 is 34.7 Å². The number of hydrogen-bond donors (Lipinski definition) is 0. The number of nitrogens with zero attached hydrogens (tertiary/aromatic N) is 2. The summed E-state index contributed by atoms with van der Waals surface area (Å²) >= 11 is 9.87. The van der Waals surface area contributed by atoms with Gasteiger partial charge < -0.3 is 4.74 Å². The number of ether oxygens (including phenoxy) is 1. The zero-order valence-electron chi connectivity index (χ0n) is 15.6. The third kappa shape index (κ3) is 4.02. The molecule has 0 fully saturated rings. The Morgan fingerprint density at radius 2 is 1.79 bits per heavy atom. The van der Waals surface area contributed by atoms with Crippen molar-refractivity contribution in [2.24, 2.45) is 0 Å². The van der Waals surface area contributed by atoms with Crippen molar-refractivity contribution in [1.29, 1.82) is 0 Å². The van der Waals surface area contributed by atoms with Crippen LogP contribution in [0.4, 0.5) is 0 Å². The van der Waals surface area contributed by atoms with E-state index in [1.807, 2.05) is 37.3 Å². The third-order valence-electron chi connectivity index (χ3n) is 4.33. The minimum absolute atomic E-state index is 0.508. The van der Waals surface area contributed by atoms with Crippen LogP contribution in [0.2, 0.25) is 5.15 Å². The lowest BCUT2D eigenvalue weighted by atomic mass is 10.0. The number of aryl methyl sites for hydroxylation is 1. The number of hydrogen-bond acceptors (Lipinski definition) is 5. The Morgan fingerprint density at radius 3 is 2.50 bits per heavy atom. The summed E-state index contributed by atoms with van der Waals surface area (Å²) < 4.78 is 5.55. The van der Waals surface area contributed by atoms with Crippen LogP contribution in [-0.2, 0) is 5.75 Å². The minimum Gasteiger partial charge on any atom is -0.494 e. The van der Waals surface area contributed by atoms with Gasteiger partial charge in [0, 0.05) is 16.2 Å². The molecule has 142 valence electrons. The number of halogens is 1. The molecule has 4 rings (SSSR count). The monoisotopic (exact) mass is 426 g/mol. The van der Waals surface area contributed by atoms with Gasteiger partial charge in [0.25, 0.3) is 0 Å². The third-order valence-corrected chi connectivity index (χ3v) is 6.52. The molecular formula is C22H19ClN2OS2. The van der Waals surface area contributed by atoms with E-state index in [0.717, 1.165) is 32.8 Å². The molecule has 2 heterocycles. The van der Waals surface area contributed by atoms with Crippen molar-refractivity contribution >= 4 is 44.9 Å². The lowest BCUT2D eigenvalue weighted by molar-refractivity contribution is 0.340. The first-order chi connectivity index (χ1) is 13.7. The van der Waals surface area contributed by atoms with Crippen molar-refractivity contribution in [3.8, 4) is 16.9 Å². The predicted molar refractivity (Wildman–Crippen MR) is 120 cm³/mol. The Hall–Kier alpha value is -2.08. The Balaban J connectivity index is 1.67. The highest BCUT2D eigenvalue weighted by atomic mass is 35.5. The zero-order valence-corrected chi connectivity index (χ0v) is 18.0. The van der Waals surface area contributed by atoms with Crippen molar-refractivity contribution in [2.75, 3.05) is 6.61 Å². The number of rotatable bonds is 6. The highest BCUT2D eigenvalue weighted by Gasteiger charge is 2.18. The lowest BCUT2D eigenvalue weighted by Crippen LogP contribution is -1.91. The van der Waals surface area contributed by atoms with E-state index in [4.69, 9.17) is 21.3 Å². The molecule has 2 aromatic heterocycles. The Labute approximate surface area is 177 Å². The number of fused-ring (bicyclic) bond motifs is 1. The molecule has 3 nitrogen and oxygen atoms in total. The van der Waals surface area contributed by atoms with E-state index in [1.54, 1.807) is 23.1 Å². The van der Waals surface area contributed by atoms with E-state index in [9.17, 15) is 0 Å². The summed E-state index contributed by atoms with van der Waals surface area (Å²) in [5.41, 5.74) is 3.44. The van der Waals surface area contributed by atoms with E-state index < -0.39 is 0 Å². The van der Waals surface area contributed by atoms with Gasteiger partial charge in [-0.05, 0) is 37.1 Å². The summed E-state index contributed by atoms with van der Waals surface area (Å²) in [5, 5.41) is 2.15. The molecule has 0 amide bonds. The topological polar surface area (TPSA) is 35.0 Å². The summed E-state index contributed by atoms with van der Waals surface area (Å²) in [6, 6.07) is 18.4. The number of benzene rings is 2. The summed E-state index contributed by atoms with van der Waals surface area (Å²) in [6.07, 6.45) is 0. The molecule has 0 aliphatic rings. The van der Waals surface area contributed by atoms with E-state index in [-0.39, 0.29) is 0 Å². The molecule has 6 heteroatoms. The first kappa shape index (κ1) is 19.2. The van der Waals surface area contributed by atoms with Crippen LogP contribution in [0.15, 0.2) is 59.8 Å². The quantitative estimate of drug-likeness (QED) is 0.188. The van der Waals surface area contributed by atoms with Gasteiger partial charge in [0.05, 0.1) is 12.0 Å². The molecule has 0 saturated carbocycles. The maximum atomic E-state index is 6.61. The largest absolute Gasteiger partial charge is 0.494 e. The van der Waals surface area contributed by atoms with Gasteiger partial charge in [0.2, 0.25) is 0 Å². The summed E-state index contributed by atoms with van der Waals surface area (Å²) in [7, 11) is 0. The standard InChI is InChI=1S/C22H19ClN2OS2/c1-3-26-17-11-9-16(10-12-17)18-14(2)28-21-19(18)20(23)24-22(25-21)27-13-15-7-5-4-6-8-15/h4-12H,3,13H2,1-2H3. The second-order valence-corrected chi connectivity index (χ2v) is 8.75. The molecule has 0 saturated heterocycles. The average molecular weight is 427 g/mol. The fourth-order valence-corrected chi connectivity index (χ4v) is 5.34. The van der Waals surface area contributed by atoms with Gasteiger partial charge in [-0.3, -0.25) is 0 Å². The molecule has 2 aromatic carbocycles. The number of thiophene rings is 1. The Bertz CT molecular complexity index is 1100. The summed E-state index contributed by atoms with van der Waals surface area (Å²) in [6.45, 7) is 4.74. The van der Waals surface area contributed by atoms with Gasteiger partial charge in [0.1, 0.15) is 15.7 Å². The second kappa shape index (κ2) is 8.52. The average Bonchev–Trinajstić information content (AvgIpc) is 3.04. The second-order valence-electron chi connectivity index (χ2n) is 6.24. The molecule has 0 atom stereocenters. The predicted octanol–water partition coefficient (Wildman–Crippen LogP) is 7.01. The Morgan fingerprint density at radius 1 is 1.04 bits per heavy atom. The van der Waals surface area contributed by atoms with Crippen LogP contribution in [0.3, 0.4) is 0 Å². The van der Waals surface area contributed by atoms with Crippen LogP contribution < -0.4 is 4.74 Å². The lowest BCUT2D eigenvalue weighted by Gasteiger charge is -2.07. The summed E-state index contributed by atoms with van der Waals surface area (Å²) in [4.78, 5) is 11.4. The van der Waals surface area contributed by atoms with Crippen molar-refractivity contribution in [2.45, 2.75) is 24.8 Å². The van der Waals surface area contributed by atoms with Crippen LogP contribution in [0.1, 0.15) is 17.4 Å². The maximum absolute atomic E-state index is 6.61. The van der Waals surface area contributed by atoms with Crippen LogP contribution in [0.25, 0.3) is 21.3 Å². The maximum Gasteiger partial charge on any atom is 0.190 e. The van der Waals surface area contributed by atoms with E-state index in [0.29, 0.717) is 16.9 Å². The first-order valence-electron chi connectivity index (χ1n) is 9.02. The van der Waals surface area contributed by atoms with Crippen molar-refractivity contribution < 1.29 is 4.74 Å². The molecule has 28 heavy (non-hydrogen) atoms. The molecule has 0 aliphatic carbocycles. The smallest absolute Gasteiger partial charge is 0.190 e. The van der Waals surface area contributed by atoms with E-state index >= 15 is 0 Å². The van der Waals surface area contributed by atoms with Gasteiger partial charge in [-0.25, -0.2) is 9.97 Å². The first-order valence-corrected chi connectivity index (χ1v) is 11.2. The van der Waals surface area contributed by atoms with Crippen LogP contribution in [0.5, 0.6) is 5.75 Å². The van der Waals surface area contributed by atoms with Crippen LogP contribution in [0, 0.1) is 6.92 Å². The Kier molecular flexibility index (Phi) is 5.85. The molecular weight excluding hydrogens is 408 g/mol. The highest BCUT2D eigenvalue weighted by molar-refractivity contribution is 7.98. The number of aromatic nitrogens is 2. The molecule has 0 spiro atoms. The molecule has 0 bridgehead atoms. The molecule has 0 aliphatic heterocycles. The molecule has 4 aromatic rings. The minimum atomic E-state index is 0.508. The molecule has 0 unspecified atom stereocenters. The normalized spacial score (nSPS) is 11.1. The number of thioether (sulfide) groups is 1. The van der Waals surface area contributed by atoms with Crippen molar-refractivity contribution in [1.82, 2.24) is 9.97 Å². The van der Waals surface area contributed by atoms with E-state index in [2.05, 4.69) is 36.2 Å². The molecule has 0 N–H and O–H groups in total. The van der Waals surface area contributed by atoms with Gasteiger partial charge in [0.15, 0.2) is 5.16 Å². The van der Waals surface area contributed by atoms with Crippen molar-refractivity contribution in [3.05, 3.63) is 70.2 Å². The zero-order chi connectivity index (χ0) is 19.5. The van der Waals surface area contributed by atoms with Crippen LogP contribution in [-0.4, -0.2) is 16.6 Å². The van der Waals surface area contributed by atoms with Gasteiger partial charge in [-0.2, -0.15) is 0 Å². The van der Waals surface area contributed by atoms with Gasteiger partial charge in [-0.15, -0.1) is 11.3 Å². The van der Waals surface area contributed by atoms with Gasteiger partial charge in [-0.1, -0.05) is 65.8 Å². The molecule has 0 radical (unpaired) electrons. The summed E-state index contributed by atoms with van der Waals surface area (Å²) in [5.74, 6) is 1.68. The van der Waals surface area contributed by atoms with E-state index in [1.165, 1.54) is 10.4 Å². The fraction of sp³-hybridized carbons (Fsp3) is 0.182. The highest BCUT2D eigenvalue weighted by Crippen LogP contribution is 2.41. The van der Waals surface area contributed by atoms with Crippen molar-refractivity contribution in [3.63, 3.8) is 0 Å². The van der Waals surface area contributed by atoms with Gasteiger partial charge >= 0.3 is 0 Å². The fourth-order valence-electron chi connectivity index (χ4n) is 3.07. The SMILES string of the molecule is CCOc1ccc(-c2c(C)sc3nc(SCc4ccccc4)nc(Cl)c23)cc1.